The van der Waals surface area contributed by atoms with Gasteiger partial charge >= 0.3 is 21.1 Å². The van der Waals surface area contributed by atoms with Crippen LogP contribution in [0.5, 0.6) is 0 Å². The van der Waals surface area contributed by atoms with Gasteiger partial charge in [-0.15, -0.1) is 0 Å². The van der Waals surface area contributed by atoms with E-state index < -0.39 is 63.0 Å². The summed E-state index contributed by atoms with van der Waals surface area (Å²) in [6.07, 6.45) is -5.01. The molecule has 1 saturated heterocycles. The molecule has 160 valence electrons. The Balaban J connectivity index is 2.09. The molecule has 0 radical (unpaired) electrons. The maximum Gasteiger partial charge on any atom is 0.479 e. The van der Waals surface area contributed by atoms with Gasteiger partial charge < -0.3 is 24.7 Å². The second-order valence-corrected chi connectivity index (χ2v) is 11.3. The fraction of sp³-hybridized carbons (Fsp3) is 0.692. The van der Waals surface area contributed by atoms with Crippen LogP contribution >= 0.6 is 15.4 Å². The van der Waals surface area contributed by atoms with Crippen LogP contribution < -0.4 is 11.2 Å². The highest BCUT2D eigenvalue weighted by molar-refractivity contribution is 7.64. The molecule has 2 rings (SSSR count). The molecule has 1 aliphatic rings. The lowest BCUT2D eigenvalue weighted by Gasteiger charge is -2.26. The van der Waals surface area contributed by atoms with Crippen molar-refractivity contribution in [3.8, 4) is 0 Å². The van der Waals surface area contributed by atoms with E-state index >= 15 is 0 Å². The fourth-order valence-electron chi connectivity index (χ4n) is 2.18. The van der Waals surface area contributed by atoms with E-state index in [1.165, 1.54) is 20.8 Å². The van der Waals surface area contributed by atoms with Crippen LogP contribution in [0.15, 0.2) is 21.9 Å². The number of hydrogen-bond donors (Lipinski definition) is 5. The molecule has 0 amide bonds. The molecule has 1 aromatic rings. The molecule has 15 heteroatoms. The Hall–Kier alpha value is -1.14. The summed E-state index contributed by atoms with van der Waals surface area (Å²) in [6.45, 7) is 3.16. The van der Waals surface area contributed by atoms with E-state index in [-0.39, 0.29) is 0 Å². The van der Waals surface area contributed by atoms with Crippen molar-refractivity contribution in [3.05, 3.63) is 33.1 Å². The Bertz CT molecular complexity index is 920. The minimum atomic E-state index is -5.02. The number of rotatable bonds is 6. The van der Waals surface area contributed by atoms with Gasteiger partial charge in [0.05, 0.1) is 11.8 Å². The molecule has 6 atom stereocenters. The number of aliphatic hydroxyl groups is 2. The van der Waals surface area contributed by atoms with Gasteiger partial charge in [0.2, 0.25) is 0 Å². The van der Waals surface area contributed by atoms with Crippen molar-refractivity contribution in [1.29, 1.82) is 0 Å². The first-order valence-corrected chi connectivity index (χ1v) is 11.1. The van der Waals surface area contributed by atoms with E-state index in [4.69, 9.17) is 4.74 Å². The SMILES string of the molecule is CC(C)(C)P(=O)(O)OP(=O)(O)OC[C@H]1O[C@@H](n2ccc(=O)[nH]c2=O)C(O)[C@H]1O. The maximum atomic E-state index is 12.0. The van der Waals surface area contributed by atoms with Crippen molar-refractivity contribution in [2.24, 2.45) is 0 Å². The summed E-state index contributed by atoms with van der Waals surface area (Å²) < 4.78 is 39.0. The second kappa shape index (κ2) is 7.94. The van der Waals surface area contributed by atoms with Crippen molar-refractivity contribution in [3.63, 3.8) is 0 Å². The van der Waals surface area contributed by atoms with E-state index in [0.717, 1.165) is 16.8 Å². The van der Waals surface area contributed by atoms with Crippen molar-refractivity contribution >= 4 is 15.4 Å². The van der Waals surface area contributed by atoms with E-state index in [9.17, 15) is 38.7 Å². The van der Waals surface area contributed by atoms with Crippen LogP contribution in [0.3, 0.4) is 0 Å². The topological polar surface area (TPSA) is 198 Å². The van der Waals surface area contributed by atoms with Gasteiger partial charge in [-0.1, -0.05) is 0 Å². The third-order valence-electron chi connectivity index (χ3n) is 3.93. The summed E-state index contributed by atoms with van der Waals surface area (Å²) in [5.41, 5.74) is -1.59. The summed E-state index contributed by atoms with van der Waals surface area (Å²) in [5.74, 6) is 0. The average molecular weight is 444 g/mol. The number of phosphoric ester groups is 1. The van der Waals surface area contributed by atoms with Crippen LogP contribution in [-0.4, -0.2) is 59.6 Å². The first-order chi connectivity index (χ1) is 12.6. The van der Waals surface area contributed by atoms with E-state index in [0.29, 0.717) is 0 Å². The van der Waals surface area contributed by atoms with E-state index in [1.54, 1.807) is 0 Å². The van der Waals surface area contributed by atoms with Gasteiger partial charge in [-0.25, -0.2) is 13.7 Å². The largest absolute Gasteiger partial charge is 0.479 e. The first kappa shape index (κ1) is 23.1. The minimum absolute atomic E-state index is 0.681. The monoisotopic (exact) mass is 444 g/mol. The highest BCUT2D eigenvalue weighted by atomic mass is 31.3. The zero-order valence-corrected chi connectivity index (χ0v) is 16.9. The molecule has 1 fully saturated rings. The third-order valence-corrected chi connectivity index (χ3v) is 7.81. The molecule has 0 aromatic carbocycles. The molecule has 0 bridgehead atoms. The molecule has 3 unspecified atom stereocenters. The Morgan fingerprint density at radius 2 is 1.82 bits per heavy atom. The molecule has 5 N–H and O–H groups in total. The summed E-state index contributed by atoms with van der Waals surface area (Å²) in [5, 5.41) is 18.7. The summed E-state index contributed by atoms with van der Waals surface area (Å²) in [6, 6.07) is 0.995. The quantitative estimate of drug-likeness (QED) is 0.347. The molecule has 0 aliphatic carbocycles. The van der Waals surface area contributed by atoms with Crippen LogP contribution in [0.2, 0.25) is 0 Å². The molecule has 0 saturated carbocycles. The number of H-pyrrole nitrogens is 1. The highest BCUT2D eigenvalue weighted by Gasteiger charge is 2.47. The molecule has 28 heavy (non-hydrogen) atoms. The lowest BCUT2D eigenvalue weighted by molar-refractivity contribution is -0.0541. The van der Waals surface area contributed by atoms with Crippen LogP contribution in [-0.2, 0) is 22.7 Å². The normalized spacial score (nSPS) is 30.0. The average Bonchev–Trinajstić information content (AvgIpc) is 2.79. The summed E-state index contributed by atoms with van der Waals surface area (Å²) in [4.78, 5) is 44.3. The van der Waals surface area contributed by atoms with Gasteiger partial charge in [0.1, 0.15) is 18.3 Å². The Morgan fingerprint density at radius 3 is 2.36 bits per heavy atom. The van der Waals surface area contributed by atoms with Gasteiger partial charge in [-0.3, -0.25) is 23.4 Å². The Morgan fingerprint density at radius 1 is 1.21 bits per heavy atom. The van der Waals surface area contributed by atoms with Gasteiger partial charge in [0.25, 0.3) is 5.56 Å². The van der Waals surface area contributed by atoms with E-state index in [2.05, 4.69) is 8.83 Å². The summed E-state index contributed by atoms with van der Waals surface area (Å²) >= 11 is 0. The number of aromatic nitrogens is 2. The number of aliphatic hydroxyl groups excluding tert-OH is 2. The second-order valence-electron chi connectivity index (χ2n) is 7.10. The standard InChI is InChI=1S/C13H22N2O11P2/c1-13(2,3)27(20,21)26-28(22,23)24-6-7-9(17)10(18)11(25-7)15-5-4-8(16)14-12(15)19/h4-5,7,9-11,17-18H,6H2,1-3H3,(H,20,21)(H,22,23)(H,14,16,19)/t7-,9+,10?,11-/m1/s1. The molecule has 1 aliphatic heterocycles. The van der Waals surface area contributed by atoms with Gasteiger partial charge in [0.15, 0.2) is 6.23 Å². The Labute approximate surface area is 158 Å². The molecule has 1 aromatic heterocycles. The van der Waals surface area contributed by atoms with E-state index in [1.807, 2.05) is 4.98 Å². The van der Waals surface area contributed by atoms with Crippen molar-refractivity contribution < 1.29 is 42.7 Å². The molecule has 13 nitrogen and oxygen atoms in total. The predicted molar refractivity (Wildman–Crippen MR) is 93.7 cm³/mol. The maximum absolute atomic E-state index is 12.0. The van der Waals surface area contributed by atoms with Crippen molar-refractivity contribution in [2.45, 2.75) is 50.5 Å². The van der Waals surface area contributed by atoms with Crippen LogP contribution in [0, 0.1) is 0 Å². The number of nitrogens with zero attached hydrogens (tertiary/aromatic N) is 1. The van der Waals surface area contributed by atoms with Crippen LogP contribution in [0.4, 0.5) is 0 Å². The minimum Gasteiger partial charge on any atom is -0.387 e. The number of hydrogen-bond acceptors (Lipinski definition) is 9. The zero-order valence-electron chi connectivity index (χ0n) is 15.2. The highest BCUT2D eigenvalue weighted by Crippen LogP contribution is 2.66. The number of ether oxygens (including phenoxy) is 1. The lowest BCUT2D eigenvalue weighted by Crippen LogP contribution is -2.37. The smallest absolute Gasteiger partial charge is 0.387 e. The van der Waals surface area contributed by atoms with Gasteiger partial charge in [-0.2, -0.15) is 0 Å². The van der Waals surface area contributed by atoms with Gasteiger partial charge in [-0.05, 0) is 20.8 Å². The number of aromatic amines is 1. The molecular weight excluding hydrogens is 422 g/mol. The van der Waals surface area contributed by atoms with Crippen LogP contribution in [0.25, 0.3) is 0 Å². The first-order valence-electron chi connectivity index (χ1n) is 7.99. The predicted octanol–water partition coefficient (Wildman–Crippen LogP) is -0.727. The lowest BCUT2D eigenvalue weighted by atomic mass is 10.1. The molecule has 0 spiro atoms. The number of nitrogens with one attached hydrogen (secondary N) is 1. The van der Waals surface area contributed by atoms with Gasteiger partial charge in [0, 0.05) is 12.3 Å². The molecular formula is C13H22N2O11P2. The third kappa shape index (κ3) is 5.07. The van der Waals surface area contributed by atoms with Crippen molar-refractivity contribution in [1.82, 2.24) is 9.55 Å². The zero-order chi connectivity index (χ0) is 21.5. The summed E-state index contributed by atoms with van der Waals surface area (Å²) in [7, 11) is -9.55. The van der Waals surface area contributed by atoms with Crippen LogP contribution in [0.1, 0.15) is 27.0 Å². The molecule has 2 heterocycles. The number of phosphoric acid groups is 1. The fourth-order valence-corrected chi connectivity index (χ4v) is 4.80. The van der Waals surface area contributed by atoms with Crippen molar-refractivity contribution in [2.75, 3.05) is 6.61 Å². The Kier molecular flexibility index (Phi) is 6.56.